The summed E-state index contributed by atoms with van der Waals surface area (Å²) >= 11 is 0. The minimum absolute atomic E-state index is 0.160. The number of rotatable bonds is 6. The van der Waals surface area contributed by atoms with Crippen molar-refractivity contribution in [3.63, 3.8) is 0 Å². The third-order valence-corrected chi connectivity index (χ3v) is 2.74. The summed E-state index contributed by atoms with van der Waals surface area (Å²) in [7, 11) is -2.13. The first-order valence-electron chi connectivity index (χ1n) is 4.77. The van der Waals surface area contributed by atoms with E-state index in [1.807, 2.05) is 6.92 Å². The highest BCUT2D eigenvalue weighted by molar-refractivity contribution is 7.89. The summed E-state index contributed by atoms with van der Waals surface area (Å²) in [4.78, 5) is 0. The van der Waals surface area contributed by atoms with Gasteiger partial charge in [-0.15, -0.1) is 0 Å². The maximum atomic E-state index is 10.9. The van der Waals surface area contributed by atoms with Crippen LogP contribution in [0.3, 0.4) is 0 Å². The molecule has 1 aromatic rings. The van der Waals surface area contributed by atoms with E-state index in [-0.39, 0.29) is 11.1 Å². The third-order valence-electron chi connectivity index (χ3n) is 1.96. The van der Waals surface area contributed by atoms with Crippen molar-refractivity contribution in [1.82, 2.24) is 5.32 Å². The Hall–Kier alpha value is -0.890. The van der Waals surface area contributed by atoms with Crippen LogP contribution in [0.15, 0.2) is 21.6 Å². The SMILES string of the molecule is COCC(C)NCc1ccc(S(N)(=O)=O)o1. The third kappa shape index (κ3) is 3.93. The monoisotopic (exact) mass is 248 g/mol. The van der Waals surface area contributed by atoms with Crippen LogP contribution in [0.2, 0.25) is 0 Å². The molecule has 0 aliphatic carbocycles. The van der Waals surface area contributed by atoms with Gasteiger partial charge in [-0.05, 0) is 19.1 Å². The first-order valence-corrected chi connectivity index (χ1v) is 6.32. The molecule has 6 nitrogen and oxygen atoms in total. The molecule has 3 N–H and O–H groups in total. The van der Waals surface area contributed by atoms with E-state index in [9.17, 15) is 8.42 Å². The Kier molecular flexibility index (Phi) is 4.48. The molecule has 1 rings (SSSR count). The van der Waals surface area contributed by atoms with Crippen LogP contribution in [0.4, 0.5) is 0 Å². The molecule has 1 aromatic heterocycles. The van der Waals surface area contributed by atoms with Crippen molar-refractivity contribution in [3.05, 3.63) is 17.9 Å². The summed E-state index contributed by atoms with van der Waals surface area (Å²) in [5.74, 6) is 0.520. The van der Waals surface area contributed by atoms with Gasteiger partial charge in [0.05, 0.1) is 13.2 Å². The standard InChI is InChI=1S/C9H16N2O4S/c1-7(6-14-2)11-5-8-3-4-9(15-8)16(10,12)13/h3-4,7,11H,5-6H2,1-2H3,(H2,10,12,13). The summed E-state index contributed by atoms with van der Waals surface area (Å²) in [5, 5.41) is 7.80. The van der Waals surface area contributed by atoms with Crippen LogP contribution >= 0.6 is 0 Å². The number of primary sulfonamides is 1. The lowest BCUT2D eigenvalue weighted by molar-refractivity contribution is 0.170. The van der Waals surface area contributed by atoms with Gasteiger partial charge in [0.2, 0.25) is 5.09 Å². The predicted molar refractivity (Wildman–Crippen MR) is 58.3 cm³/mol. The zero-order valence-corrected chi connectivity index (χ0v) is 10.1. The molecule has 16 heavy (non-hydrogen) atoms. The largest absolute Gasteiger partial charge is 0.447 e. The molecule has 0 bridgehead atoms. The van der Waals surface area contributed by atoms with E-state index in [4.69, 9.17) is 14.3 Å². The number of hydrogen-bond acceptors (Lipinski definition) is 5. The Morgan fingerprint density at radius 3 is 2.75 bits per heavy atom. The summed E-state index contributed by atoms with van der Waals surface area (Å²) in [5.41, 5.74) is 0. The number of ether oxygens (including phenoxy) is 1. The van der Waals surface area contributed by atoms with Gasteiger partial charge in [-0.2, -0.15) is 0 Å². The van der Waals surface area contributed by atoms with E-state index >= 15 is 0 Å². The maximum absolute atomic E-state index is 10.9. The van der Waals surface area contributed by atoms with Gasteiger partial charge in [0, 0.05) is 13.2 Å². The van der Waals surface area contributed by atoms with Gasteiger partial charge in [0.25, 0.3) is 10.0 Å². The van der Waals surface area contributed by atoms with Crippen LogP contribution in [-0.2, 0) is 21.3 Å². The maximum Gasteiger partial charge on any atom is 0.271 e. The Balaban J connectivity index is 2.53. The Morgan fingerprint density at radius 1 is 1.56 bits per heavy atom. The molecule has 0 aromatic carbocycles. The van der Waals surface area contributed by atoms with Crippen molar-refractivity contribution in [3.8, 4) is 0 Å². The number of sulfonamides is 1. The lowest BCUT2D eigenvalue weighted by Crippen LogP contribution is -2.29. The molecular formula is C9H16N2O4S. The Bertz CT molecular complexity index is 426. The van der Waals surface area contributed by atoms with Crippen LogP contribution in [0.5, 0.6) is 0 Å². The molecular weight excluding hydrogens is 232 g/mol. The molecule has 0 saturated heterocycles. The lowest BCUT2D eigenvalue weighted by atomic mass is 10.3. The van der Waals surface area contributed by atoms with Crippen molar-refractivity contribution in [2.24, 2.45) is 5.14 Å². The molecule has 1 unspecified atom stereocenters. The highest BCUT2D eigenvalue weighted by Crippen LogP contribution is 2.11. The second-order valence-corrected chi connectivity index (χ2v) is 5.00. The van der Waals surface area contributed by atoms with Gasteiger partial charge in [0.1, 0.15) is 5.76 Å². The molecule has 92 valence electrons. The van der Waals surface area contributed by atoms with Crippen molar-refractivity contribution < 1.29 is 17.6 Å². The van der Waals surface area contributed by atoms with Crippen LogP contribution in [0.25, 0.3) is 0 Å². The van der Waals surface area contributed by atoms with E-state index in [1.165, 1.54) is 6.07 Å². The minimum atomic E-state index is -3.75. The lowest BCUT2D eigenvalue weighted by Gasteiger charge is -2.10. The molecule has 0 amide bonds. The molecule has 1 atom stereocenters. The van der Waals surface area contributed by atoms with Gasteiger partial charge in [-0.1, -0.05) is 0 Å². The minimum Gasteiger partial charge on any atom is -0.447 e. The predicted octanol–water partition coefficient (Wildman–Crippen LogP) is 0.0515. The fourth-order valence-electron chi connectivity index (χ4n) is 1.19. The normalized spacial score (nSPS) is 13.9. The van der Waals surface area contributed by atoms with Crippen molar-refractivity contribution in [1.29, 1.82) is 0 Å². The zero-order chi connectivity index (χ0) is 12.2. The molecule has 7 heteroatoms. The van der Waals surface area contributed by atoms with Crippen LogP contribution < -0.4 is 10.5 Å². The zero-order valence-electron chi connectivity index (χ0n) is 9.26. The fourth-order valence-corrected chi connectivity index (χ4v) is 1.67. The number of nitrogens with one attached hydrogen (secondary N) is 1. The second kappa shape index (κ2) is 5.44. The van der Waals surface area contributed by atoms with E-state index in [2.05, 4.69) is 5.32 Å². The Labute approximate surface area is 94.8 Å². The quantitative estimate of drug-likeness (QED) is 0.742. The summed E-state index contributed by atoms with van der Waals surface area (Å²) < 4.78 is 31.9. The Morgan fingerprint density at radius 2 is 2.25 bits per heavy atom. The van der Waals surface area contributed by atoms with Crippen molar-refractivity contribution in [2.45, 2.75) is 24.6 Å². The highest BCUT2D eigenvalue weighted by Gasteiger charge is 2.13. The van der Waals surface area contributed by atoms with Crippen molar-refractivity contribution in [2.75, 3.05) is 13.7 Å². The van der Waals surface area contributed by atoms with Gasteiger partial charge in [0.15, 0.2) is 0 Å². The van der Waals surface area contributed by atoms with Crippen LogP contribution in [-0.4, -0.2) is 28.2 Å². The topological polar surface area (TPSA) is 94.6 Å². The second-order valence-electron chi connectivity index (χ2n) is 3.50. The van der Waals surface area contributed by atoms with E-state index in [0.29, 0.717) is 18.9 Å². The average Bonchev–Trinajstić information content (AvgIpc) is 2.63. The molecule has 0 radical (unpaired) electrons. The highest BCUT2D eigenvalue weighted by atomic mass is 32.2. The summed E-state index contributed by atoms with van der Waals surface area (Å²) in [6.07, 6.45) is 0. The molecule has 0 fully saturated rings. The molecule has 0 aliphatic heterocycles. The van der Waals surface area contributed by atoms with E-state index < -0.39 is 10.0 Å². The van der Waals surface area contributed by atoms with Gasteiger partial charge in [-0.25, -0.2) is 13.6 Å². The first-order chi connectivity index (χ1) is 7.43. The smallest absolute Gasteiger partial charge is 0.271 e. The summed E-state index contributed by atoms with van der Waals surface area (Å²) in [6, 6.07) is 3.08. The molecule has 0 aliphatic rings. The molecule has 0 saturated carbocycles. The fraction of sp³-hybridized carbons (Fsp3) is 0.556. The van der Waals surface area contributed by atoms with E-state index in [0.717, 1.165) is 0 Å². The van der Waals surface area contributed by atoms with E-state index in [1.54, 1.807) is 13.2 Å². The molecule has 0 spiro atoms. The van der Waals surface area contributed by atoms with Gasteiger partial charge < -0.3 is 14.5 Å². The average molecular weight is 248 g/mol. The van der Waals surface area contributed by atoms with Crippen molar-refractivity contribution >= 4 is 10.0 Å². The number of nitrogens with two attached hydrogens (primary N) is 1. The number of methoxy groups -OCH3 is 1. The first kappa shape index (κ1) is 13.2. The number of furan rings is 1. The van der Waals surface area contributed by atoms with Crippen LogP contribution in [0.1, 0.15) is 12.7 Å². The summed E-state index contributed by atoms with van der Waals surface area (Å²) in [6.45, 7) is 2.95. The number of hydrogen-bond donors (Lipinski definition) is 2. The van der Waals surface area contributed by atoms with Gasteiger partial charge >= 0.3 is 0 Å². The van der Waals surface area contributed by atoms with Crippen LogP contribution in [0, 0.1) is 0 Å². The molecule has 1 heterocycles. The van der Waals surface area contributed by atoms with Gasteiger partial charge in [-0.3, -0.25) is 0 Å².